The zero-order valence-corrected chi connectivity index (χ0v) is 41.6. The molecule has 2 aliphatic heterocycles. The summed E-state index contributed by atoms with van der Waals surface area (Å²) in [6, 6.07) is 12.3. The van der Waals surface area contributed by atoms with Gasteiger partial charge in [-0.15, -0.1) is 24.5 Å². The predicted molar refractivity (Wildman–Crippen MR) is 260 cm³/mol. The number of piperidine rings is 1. The van der Waals surface area contributed by atoms with E-state index in [2.05, 4.69) is 40.6 Å². The molecule has 5 heterocycles. The van der Waals surface area contributed by atoms with Crippen molar-refractivity contribution in [2.75, 3.05) is 59.2 Å². The van der Waals surface area contributed by atoms with Gasteiger partial charge in [-0.3, -0.25) is 24.0 Å². The molecule has 3 aromatic heterocycles. The molecule has 4 N–H and O–H groups in total. The van der Waals surface area contributed by atoms with E-state index < -0.39 is 59.3 Å². The SMILES string of the molecule is Cc1ncsc1-c1ccc(CNC(=O)[C@@H]2C[C@@H](O)CN2C(=O)[C@@H](NC(=O)COCCOCCNC(=O)COc2cnc3c(C4CCN(C(=O)c5ccc(OC(F)(F)F)cc5)CC4)ncnc3c2)C(C)(C)C)cc1. The van der Waals surface area contributed by atoms with E-state index in [0.29, 0.717) is 48.4 Å². The Morgan fingerprint density at radius 1 is 0.863 bits per heavy atom. The third kappa shape index (κ3) is 14.9. The third-order valence-corrected chi connectivity index (χ3v) is 13.2. The maximum absolute atomic E-state index is 13.9. The Morgan fingerprint density at radius 3 is 2.27 bits per heavy atom. The van der Waals surface area contributed by atoms with Gasteiger partial charge in [-0.1, -0.05) is 45.0 Å². The number of benzene rings is 2. The molecule has 0 radical (unpaired) electrons. The first kappa shape index (κ1) is 54.0. The molecule has 390 valence electrons. The van der Waals surface area contributed by atoms with E-state index in [4.69, 9.17) is 14.2 Å². The summed E-state index contributed by atoms with van der Waals surface area (Å²) in [5.41, 5.74) is 5.91. The smallest absolute Gasteiger partial charge is 0.482 e. The monoisotopic (exact) mass is 1030 g/mol. The maximum Gasteiger partial charge on any atom is 0.573 e. The zero-order valence-electron chi connectivity index (χ0n) is 40.8. The molecule has 23 heteroatoms. The van der Waals surface area contributed by atoms with Gasteiger partial charge in [-0.2, -0.15) is 0 Å². The maximum atomic E-state index is 13.9. The number of carbonyl (C=O) groups excluding carboxylic acids is 5. The van der Waals surface area contributed by atoms with Gasteiger partial charge in [0.15, 0.2) is 6.61 Å². The molecule has 19 nitrogen and oxygen atoms in total. The number of aryl methyl sites for hydroxylation is 1. The molecule has 0 aliphatic carbocycles. The number of thiazole rings is 1. The molecule has 0 unspecified atom stereocenters. The summed E-state index contributed by atoms with van der Waals surface area (Å²) in [6.45, 7) is 8.13. The van der Waals surface area contributed by atoms with Crippen LogP contribution in [0.1, 0.15) is 73.3 Å². The first-order valence-electron chi connectivity index (χ1n) is 23.7. The number of fused-ring (bicyclic) bond motifs is 1. The Balaban J connectivity index is 0.771. The molecular formula is C50H58F3N9O10S. The number of β-amino-alcohol motifs (C(OH)–C–C–N with tert-alkyl or cyclic N) is 1. The van der Waals surface area contributed by atoms with Gasteiger partial charge < -0.3 is 49.8 Å². The van der Waals surface area contributed by atoms with Crippen molar-refractivity contribution >= 4 is 51.9 Å². The van der Waals surface area contributed by atoms with Crippen LogP contribution in [-0.2, 0) is 35.2 Å². The molecule has 3 atom stereocenters. The minimum absolute atomic E-state index is 0.0331. The van der Waals surface area contributed by atoms with Crippen molar-refractivity contribution < 1.29 is 61.2 Å². The van der Waals surface area contributed by atoms with Gasteiger partial charge in [-0.05, 0) is 60.6 Å². The zero-order chi connectivity index (χ0) is 52.3. The van der Waals surface area contributed by atoms with E-state index in [-0.39, 0.29) is 76.5 Å². The van der Waals surface area contributed by atoms with E-state index in [1.807, 2.05) is 31.2 Å². The molecule has 5 aromatic rings. The number of ether oxygens (including phenoxy) is 4. The van der Waals surface area contributed by atoms with E-state index in [0.717, 1.165) is 33.8 Å². The third-order valence-electron chi connectivity index (χ3n) is 12.2. The van der Waals surface area contributed by atoms with Gasteiger partial charge in [0.1, 0.15) is 42.0 Å². The molecule has 2 saturated heterocycles. The average Bonchev–Trinajstić information content (AvgIpc) is 3.98. The summed E-state index contributed by atoms with van der Waals surface area (Å²) >= 11 is 1.55. The van der Waals surface area contributed by atoms with Crippen LogP contribution in [-0.4, -0.2) is 148 Å². The molecule has 5 amide bonds. The van der Waals surface area contributed by atoms with Crippen molar-refractivity contribution in [1.82, 2.24) is 45.7 Å². The molecule has 2 aliphatic rings. The van der Waals surface area contributed by atoms with Crippen molar-refractivity contribution in [1.29, 1.82) is 0 Å². The van der Waals surface area contributed by atoms with Gasteiger partial charge in [0.2, 0.25) is 17.7 Å². The average molecular weight is 1030 g/mol. The number of amides is 5. The highest BCUT2D eigenvalue weighted by molar-refractivity contribution is 7.13. The number of hydrogen-bond donors (Lipinski definition) is 4. The quantitative estimate of drug-likeness (QED) is 0.0774. The summed E-state index contributed by atoms with van der Waals surface area (Å²) in [5, 5.41) is 18.9. The first-order chi connectivity index (χ1) is 34.8. The van der Waals surface area contributed by atoms with Crippen LogP contribution in [0.25, 0.3) is 21.5 Å². The number of carbonyl (C=O) groups is 5. The second kappa shape index (κ2) is 24.3. The van der Waals surface area contributed by atoms with Crippen LogP contribution in [0.5, 0.6) is 11.5 Å². The van der Waals surface area contributed by atoms with Gasteiger partial charge in [0.25, 0.3) is 11.8 Å². The second-order valence-electron chi connectivity index (χ2n) is 18.7. The number of nitrogens with one attached hydrogen (secondary N) is 3. The Bertz CT molecular complexity index is 2710. The van der Waals surface area contributed by atoms with Crippen molar-refractivity contribution in [2.45, 2.75) is 84.0 Å². The Morgan fingerprint density at radius 2 is 1.59 bits per heavy atom. The van der Waals surface area contributed by atoms with Gasteiger partial charge >= 0.3 is 6.36 Å². The summed E-state index contributed by atoms with van der Waals surface area (Å²) in [7, 11) is 0. The summed E-state index contributed by atoms with van der Waals surface area (Å²) in [4.78, 5) is 87.6. The van der Waals surface area contributed by atoms with Crippen molar-refractivity contribution in [2.24, 2.45) is 5.41 Å². The lowest BCUT2D eigenvalue weighted by atomic mass is 9.85. The van der Waals surface area contributed by atoms with Crippen molar-refractivity contribution in [3.63, 3.8) is 0 Å². The van der Waals surface area contributed by atoms with Crippen LogP contribution < -0.4 is 25.4 Å². The summed E-state index contributed by atoms with van der Waals surface area (Å²) < 4.78 is 58.2. The van der Waals surface area contributed by atoms with Crippen LogP contribution in [0.15, 0.2) is 72.6 Å². The molecule has 0 bridgehead atoms. The number of hydrogen-bond acceptors (Lipinski definition) is 15. The fraction of sp³-hybridized carbons (Fsp3) is 0.460. The lowest BCUT2D eigenvalue weighted by molar-refractivity contribution is -0.274. The van der Waals surface area contributed by atoms with Crippen LogP contribution in [0, 0.1) is 12.3 Å². The lowest BCUT2D eigenvalue weighted by Gasteiger charge is -2.35. The van der Waals surface area contributed by atoms with Gasteiger partial charge in [0.05, 0.1) is 59.4 Å². The fourth-order valence-corrected chi connectivity index (χ4v) is 9.30. The van der Waals surface area contributed by atoms with E-state index in [9.17, 15) is 42.3 Å². The number of halogens is 3. The molecular weight excluding hydrogens is 976 g/mol. The highest BCUT2D eigenvalue weighted by Gasteiger charge is 2.44. The molecule has 2 aromatic carbocycles. The lowest BCUT2D eigenvalue weighted by Crippen LogP contribution is -2.58. The number of nitrogens with zero attached hydrogens (tertiary/aromatic N) is 6. The number of alkyl halides is 3. The second-order valence-corrected chi connectivity index (χ2v) is 19.5. The largest absolute Gasteiger partial charge is 0.573 e. The van der Waals surface area contributed by atoms with Crippen molar-refractivity contribution in [3.05, 3.63) is 95.1 Å². The molecule has 73 heavy (non-hydrogen) atoms. The van der Waals surface area contributed by atoms with E-state index in [1.165, 1.54) is 29.6 Å². The summed E-state index contributed by atoms with van der Waals surface area (Å²) in [6.07, 6.45) is -1.63. The fourth-order valence-electron chi connectivity index (χ4n) is 8.49. The Kier molecular flexibility index (Phi) is 17.9. The standard InChI is InChI=1S/C50H58F3N9O10S/c1-30-44(73-29-59-30)33-7-5-31(6-8-33)23-56-46(66)39-21-35(63)25-62(39)48(68)45(49(2,3)4)60-41(65)26-70-20-19-69-18-15-54-40(64)27-71-37-22-38-43(55-24-37)42(58-28-57-38)32-13-16-61(17-14-32)47(67)34-9-11-36(12-10-34)72-50(51,52)53/h5-12,22,24,28-29,32,35,39,45,63H,13-21,23,25-27H2,1-4H3,(H,54,64)(H,56,66)(H,60,65)/t35-,39+,45-/m1/s1. The topological polar surface area (TPSA) is 237 Å². The number of aromatic nitrogens is 4. The van der Waals surface area contributed by atoms with Crippen molar-refractivity contribution in [3.8, 4) is 21.9 Å². The normalized spacial score (nSPS) is 16.8. The number of aliphatic hydroxyl groups is 1. The Labute approximate surface area is 423 Å². The molecule has 0 saturated carbocycles. The van der Waals surface area contributed by atoms with Crippen LogP contribution >= 0.6 is 11.3 Å². The van der Waals surface area contributed by atoms with Gasteiger partial charge in [0, 0.05) is 56.7 Å². The minimum atomic E-state index is -4.83. The minimum Gasteiger partial charge on any atom is -0.482 e. The first-order valence-corrected chi connectivity index (χ1v) is 24.6. The number of rotatable bonds is 20. The Hall–Kier alpha value is -6.82. The summed E-state index contributed by atoms with van der Waals surface area (Å²) in [5.74, 6) is -2.27. The van der Waals surface area contributed by atoms with Gasteiger partial charge in [-0.25, -0.2) is 19.9 Å². The number of pyridine rings is 1. The predicted octanol–water partition coefficient (Wildman–Crippen LogP) is 4.71. The molecule has 7 rings (SSSR count). The molecule has 0 spiro atoms. The van der Waals surface area contributed by atoms with Crippen LogP contribution in [0.3, 0.4) is 0 Å². The van der Waals surface area contributed by atoms with E-state index in [1.54, 1.807) is 48.6 Å². The van der Waals surface area contributed by atoms with Crippen LogP contribution in [0.4, 0.5) is 13.2 Å². The van der Waals surface area contributed by atoms with E-state index >= 15 is 0 Å². The highest BCUT2D eigenvalue weighted by Crippen LogP contribution is 2.33. The number of likely N-dealkylation sites (tertiary alicyclic amines) is 2. The van der Waals surface area contributed by atoms with Crippen LogP contribution in [0.2, 0.25) is 0 Å². The molecule has 2 fully saturated rings. The highest BCUT2D eigenvalue weighted by atomic mass is 32.1. The number of aliphatic hydroxyl groups excluding tert-OH is 1.